The van der Waals surface area contributed by atoms with Crippen LogP contribution in [0.15, 0.2) is 0 Å². The van der Waals surface area contributed by atoms with E-state index in [0.29, 0.717) is 24.3 Å². The molecular formula is C11H20O2S2. The van der Waals surface area contributed by atoms with Gasteiger partial charge in [-0.2, -0.15) is 25.3 Å². The first kappa shape index (κ1) is 15.0. The first-order valence-electron chi connectivity index (χ1n) is 5.31. The molecule has 2 atom stereocenters. The summed E-state index contributed by atoms with van der Waals surface area (Å²) in [6, 6.07) is 0. The highest BCUT2D eigenvalue weighted by molar-refractivity contribution is 7.80. The Morgan fingerprint density at radius 1 is 1.13 bits per heavy atom. The second kappa shape index (κ2) is 8.22. The number of carbonyl (C=O) groups excluding carboxylic acids is 2. The van der Waals surface area contributed by atoms with Crippen LogP contribution in [0.3, 0.4) is 0 Å². The molecule has 0 rings (SSSR count). The van der Waals surface area contributed by atoms with E-state index in [0.717, 1.165) is 6.42 Å². The SMILES string of the molecule is CC[C@@H](CS)C(=O)CC[C@@H](CS)C(C)=O. The van der Waals surface area contributed by atoms with Gasteiger partial charge in [-0.25, -0.2) is 0 Å². The number of ketones is 2. The Morgan fingerprint density at radius 2 is 1.67 bits per heavy atom. The summed E-state index contributed by atoms with van der Waals surface area (Å²) in [5.41, 5.74) is 0. The second-order valence-corrected chi connectivity index (χ2v) is 4.51. The Bertz CT molecular complexity index is 213. The molecule has 0 radical (unpaired) electrons. The Hall–Kier alpha value is 0.0400. The summed E-state index contributed by atoms with van der Waals surface area (Å²) in [7, 11) is 0. The van der Waals surface area contributed by atoms with Crippen molar-refractivity contribution in [1.82, 2.24) is 0 Å². The number of Topliss-reactive ketones (excluding diaryl/α,β-unsaturated/α-hetero) is 2. The maximum absolute atomic E-state index is 11.7. The van der Waals surface area contributed by atoms with E-state index in [1.54, 1.807) is 6.92 Å². The molecule has 0 aliphatic heterocycles. The van der Waals surface area contributed by atoms with Crippen LogP contribution in [-0.2, 0) is 9.59 Å². The average molecular weight is 248 g/mol. The molecule has 0 amide bonds. The van der Waals surface area contributed by atoms with Crippen molar-refractivity contribution in [2.24, 2.45) is 11.8 Å². The predicted octanol–water partition coefficient (Wildman–Crippen LogP) is 2.43. The van der Waals surface area contributed by atoms with Gasteiger partial charge < -0.3 is 0 Å². The van der Waals surface area contributed by atoms with Crippen molar-refractivity contribution in [1.29, 1.82) is 0 Å². The summed E-state index contributed by atoms with van der Waals surface area (Å²) in [5, 5.41) is 0. The average Bonchev–Trinajstić information content (AvgIpc) is 2.20. The Kier molecular flexibility index (Phi) is 8.24. The van der Waals surface area contributed by atoms with Crippen molar-refractivity contribution in [3.05, 3.63) is 0 Å². The van der Waals surface area contributed by atoms with Crippen LogP contribution >= 0.6 is 25.3 Å². The molecule has 4 heteroatoms. The van der Waals surface area contributed by atoms with E-state index in [-0.39, 0.29) is 23.4 Å². The van der Waals surface area contributed by atoms with Gasteiger partial charge in [0.2, 0.25) is 0 Å². The normalized spacial score (nSPS) is 14.7. The fraction of sp³-hybridized carbons (Fsp3) is 0.818. The molecule has 0 fully saturated rings. The van der Waals surface area contributed by atoms with Gasteiger partial charge in [-0.3, -0.25) is 9.59 Å². The summed E-state index contributed by atoms with van der Waals surface area (Å²) in [6.07, 6.45) is 1.93. The molecule has 0 unspecified atom stereocenters. The smallest absolute Gasteiger partial charge is 0.136 e. The van der Waals surface area contributed by atoms with Crippen LogP contribution in [0.1, 0.15) is 33.1 Å². The molecule has 2 nitrogen and oxygen atoms in total. The molecule has 0 spiro atoms. The van der Waals surface area contributed by atoms with Crippen molar-refractivity contribution in [3.63, 3.8) is 0 Å². The van der Waals surface area contributed by atoms with Crippen LogP contribution in [0.2, 0.25) is 0 Å². The summed E-state index contributed by atoms with van der Waals surface area (Å²) < 4.78 is 0. The highest BCUT2D eigenvalue weighted by Crippen LogP contribution is 2.15. The van der Waals surface area contributed by atoms with Crippen LogP contribution in [0.25, 0.3) is 0 Å². The molecule has 88 valence electrons. The zero-order chi connectivity index (χ0) is 11.8. The lowest BCUT2D eigenvalue weighted by molar-refractivity contribution is -0.123. The van der Waals surface area contributed by atoms with E-state index in [9.17, 15) is 9.59 Å². The monoisotopic (exact) mass is 248 g/mol. The summed E-state index contributed by atoms with van der Waals surface area (Å²) in [4.78, 5) is 22.8. The second-order valence-electron chi connectivity index (χ2n) is 3.78. The standard InChI is InChI=1S/C11H20O2S2/c1-3-9(6-14)11(13)5-4-10(7-15)8(2)12/h9-10,14-15H,3-7H2,1-2H3/t9-,10-/m0/s1. The third-order valence-corrected chi connectivity index (χ3v) is 3.58. The van der Waals surface area contributed by atoms with Crippen molar-refractivity contribution < 1.29 is 9.59 Å². The van der Waals surface area contributed by atoms with Gasteiger partial charge in [0.05, 0.1) is 0 Å². The van der Waals surface area contributed by atoms with E-state index in [4.69, 9.17) is 0 Å². The third-order valence-electron chi connectivity index (χ3n) is 2.70. The first-order chi connectivity index (χ1) is 7.06. The molecule has 0 aromatic carbocycles. The van der Waals surface area contributed by atoms with Gasteiger partial charge in [0.25, 0.3) is 0 Å². The van der Waals surface area contributed by atoms with Gasteiger partial charge in [-0.1, -0.05) is 6.92 Å². The number of thiol groups is 2. The van der Waals surface area contributed by atoms with Crippen molar-refractivity contribution >= 4 is 36.8 Å². The molecule has 0 aliphatic rings. The van der Waals surface area contributed by atoms with E-state index in [2.05, 4.69) is 25.3 Å². The Balaban J connectivity index is 4.02. The molecule has 0 aromatic heterocycles. The molecule has 0 saturated heterocycles. The van der Waals surface area contributed by atoms with Gasteiger partial charge in [-0.15, -0.1) is 0 Å². The fourth-order valence-electron chi connectivity index (χ4n) is 1.40. The molecule has 0 aliphatic carbocycles. The molecule has 0 saturated carbocycles. The maximum Gasteiger partial charge on any atom is 0.136 e. The minimum atomic E-state index is -0.0743. The predicted molar refractivity (Wildman–Crippen MR) is 69.9 cm³/mol. The minimum Gasteiger partial charge on any atom is -0.300 e. The number of hydrogen-bond acceptors (Lipinski definition) is 4. The van der Waals surface area contributed by atoms with E-state index < -0.39 is 0 Å². The van der Waals surface area contributed by atoms with Crippen molar-refractivity contribution in [2.75, 3.05) is 11.5 Å². The van der Waals surface area contributed by atoms with Gasteiger partial charge in [0.15, 0.2) is 0 Å². The third kappa shape index (κ3) is 5.61. The lowest BCUT2D eigenvalue weighted by atomic mass is 9.94. The minimum absolute atomic E-state index is 0.0425. The van der Waals surface area contributed by atoms with Gasteiger partial charge in [-0.05, 0) is 31.3 Å². The summed E-state index contributed by atoms with van der Waals surface area (Å²) in [6.45, 7) is 3.54. The van der Waals surface area contributed by atoms with E-state index >= 15 is 0 Å². The number of carbonyl (C=O) groups is 2. The van der Waals surface area contributed by atoms with Crippen LogP contribution in [0, 0.1) is 11.8 Å². The molecule has 0 bridgehead atoms. The van der Waals surface area contributed by atoms with Gasteiger partial charge in [0, 0.05) is 18.3 Å². The largest absolute Gasteiger partial charge is 0.300 e. The maximum atomic E-state index is 11.7. The lowest BCUT2D eigenvalue weighted by Crippen LogP contribution is -2.19. The molecule has 0 N–H and O–H groups in total. The highest BCUT2D eigenvalue weighted by atomic mass is 32.1. The lowest BCUT2D eigenvalue weighted by Gasteiger charge is -2.13. The topological polar surface area (TPSA) is 34.1 Å². The first-order valence-corrected chi connectivity index (χ1v) is 6.58. The quantitative estimate of drug-likeness (QED) is 0.647. The van der Waals surface area contributed by atoms with Crippen LogP contribution < -0.4 is 0 Å². The molecular weight excluding hydrogens is 228 g/mol. The van der Waals surface area contributed by atoms with Crippen LogP contribution in [-0.4, -0.2) is 23.1 Å². The van der Waals surface area contributed by atoms with Crippen LogP contribution in [0.4, 0.5) is 0 Å². The fourth-order valence-corrected chi connectivity index (χ4v) is 2.30. The molecule has 15 heavy (non-hydrogen) atoms. The molecule has 0 aromatic rings. The van der Waals surface area contributed by atoms with Crippen molar-refractivity contribution in [2.45, 2.75) is 33.1 Å². The van der Waals surface area contributed by atoms with Gasteiger partial charge in [0.1, 0.15) is 11.6 Å². The van der Waals surface area contributed by atoms with E-state index in [1.807, 2.05) is 6.92 Å². The zero-order valence-electron chi connectivity index (χ0n) is 9.40. The Morgan fingerprint density at radius 3 is 2.00 bits per heavy atom. The van der Waals surface area contributed by atoms with Gasteiger partial charge >= 0.3 is 0 Å². The summed E-state index contributed by atoms with van der Waals surface area (Å²) >= 11 is 8.25. The summed E-state index contributed by atoms with van der Waals surface area (Å²) in [5.74, 6) is 1.44. The number of hydrogen-bond donors (Lipinski definition) is 2. The zero-order valence-corrected chi connectivity index (χ0v) is 11.2. The van der Waals surface area contributed by atoms with E-state index in [1.165, 1.54) is 0 Å². The highest BCUT2D eigenvalue weighted by Gasteiger charge is 2.18. The Labute approximate surface area is 103 Å². The van der Waals surface area contributed by atoms with Crippen LogP contribution in [0.5, 0.6) is 0 Å². The number of rotatable bonds is 8. The molecule has 0 heterocycles. The van der Waals surface area contributed by atoms with Crippen molar-refractivity contribution in [3.8, 4) is 0 Å².